The highest BCUT2D eigenvalue weighted by molar-refractivity contribution is 5.97. The number of hydrogen-bond acceptors (Lipinski definition) is 2. The summed E-state index contributed by atoms with van der Waals surface area (Å²) in [7, 11) is 0. The van der Waals surface area contributed by atoms with Crippen LogP contribution in [0, 0.1) is 11.7 Å². The fourth-order valence-electron chi connectivity index (χ4n) is 1.67. The first kappa shape index (κ1) is 13.8. The predicted molar refractivity (Wildman–Crippen MR) is 65.6 cm³/mol. The number of halogens is 1. The number of carbonyl (C=O) groups excluding carboxylic acids is 1. The first-order chi connectivity index (χ1) is 7.99. The summed E-state index contributed by atoms with van der Waals surface area (Å²) < 4.78 is 18.1. The topological polar surface area (TPSA) is 26.3 Å². The van der Waals surface area contributed by atoms with Crippen molar-refractivity contribution in [3.8, 4) is 0 Å². The highest BCUT2D eigenvalue weighted by Gasteiger charge is 2.10. The van der Waals surface area contributed by atoms with Crippen LogP contribution in [0.4, 0.5) is 4.39 Å². The summed E-state index contributed by atoms with van der Waals surface area (Å²) >= 11 is 0. The normalized spacial score (nSPS) is 12.8. The Labute approximate surface area is 102 Å². The Morgan fingerprint density at radius 2 is 1.82 bits per heavy atom. The largest absolute Gasteiger partial charge is 0.370 e. The minimum Gasteiger partial charge on any atom is -0.370 e. The molecule has 0 fully saturated rings. The molecule has 0 aromatic heterocycles. The van der Waals surface area contributed by atoms with E-state index in [1.54, 1.807) is 0 Å². The van der Waals surface area contributed by atoms with E-state index in [-0.39, 0.29) is 24.3 Å². The lowest BCUT2D eigenvalue weighted by Gasteiger charge is -2.14. The minimum atomic E-state index is -0.337. The molecule has 0 radical (unpaired) electrons. The van der Waals surface area contributed by atoms with Crippen molar-refractivity contribution >= 4 is 5.78 Å². The molecule has 94 valence electrons. The summed E-state index contributed by atoms with van der Waals surface area (Å²) in [5.74, 6) is 0.0992. The molecule has 2 nitrogen and oxygen atoms in total. The van der Waals surface area contributed by atoms with Gasteiger partial charge in [0.05, 0.1) is 6.10 Å². The summed E-state index contributed by atoms with van der Waals surface area (Å²) in [6.45, 7) is 6.24. The molecule has 0 amide bonds. The molecule has 0 aliphatic rings. The van der Waals surface area contributed by atoms with Crippen LogP contribution < -0.4 is 0 Å². The molecule has 0 heterocycles. The molecule has 3 heteroatoms. The van der Waals surface area contributed by atoms with E-state index in [1.165, 1.54) is 24.3 Å². The SMILES string of the molecule is CC(C)CC(C)OCC(=O)c1ccc(F)cc1. The summed E-state index contributed by atoms with van der Waals surface area (Å²) in [5.41, 5.74) is 0.489. The van der Waals surface area contributed by atoms with Crippen molar-refractivity contribution in [2.45, 2.75) is 33.3 Å². The second kappa shape index (κ2) is 6.50. The smallest absolute Gasteiger partial charge is 0.188 e. The van der Waals surface area contributed by atoms with E-state index in [4.69, 9.17) is 4.74 Å². The third-order valence-corrected chi connectivity index (χ3v) is 2.47. The van der Waals surface area contributed by atoms with Gasteiger partial charge in [-0.1, -0.05) is 13.8 Å². The molecular weight excluding hydrogens is 219 g/mol. The third-order valence-electron chi connectivity index (χ3n) is 2.47. The zero-order valence-electron chi connectivity index (χ0n) is 10.6. The van der Waals surface area contributed by atoms with Gasteiger partial charge in [0.2, 0.25) is 0 Å². The average molecular weight is 238 g/mol. The van der Waals surface area contributed by atoms with E-state index >= 15 is 0 Å². The molecule has 0 saturated heterocycles. The molecular formula is C14H19FO2. The van der Waals surface area contributed by atoms with Crippen molar-refractivity contribution in [2.75, 3.05) is 6.61 Å². The van der Waals surface area contributed by atoms with E-state index in [0.29, 0.717) is 11.5 Å². The quantitative estimate of drug-likeness (QED) is 0.709. The van der Waals surface area contributed by atoms with Gasteiger partial charge in [-0.05, 0) is 43.5 Å². The molecule has 0 spiro atoms. The van der Waals surface area contributed by atoms with Gasteiger partial charge in [0.1, 0.15) is 12.4 Å². The van der Waals surface area contributed by atoms with Crippen LogP contribution in [0.3, 0.4) is 0 Å². The summed E-state index contributed by atoms with van der Waals surface area (Å²) in [5, 5.41) is 0. The van der Waals surface area contributed by atoms with Crippen molar-refractivity contribution in [2.24, 2.45) is 5.92 Å². The lowest BCUT2D eigenvalue weighted by atomic mass is 10.1. The number of Topliss-reactive ketones (excluding diaryl/α,β-unsaturated/α-hetero) is 1. The number of hydrogen-bond donors (Lipinski definition) is 0. The van der Waals surface area contributed by atoms with Crippen LogP contribution in [0.2, 0.25) is 0 Å². The van der Waals surface area contributed by atoms with Gasteiger partial charge in [-0.3, -0.25) is 4.79 Å². The minimum absolute atomic E-state index is 0.0551. The first-order valence-electron chi connectivity index (χ1n) is 5.89. The van der Waals surface area contributed by atoms with Gasteiger partial charge >= 0.3 is 0 Å². The fourth-order valence-corrected chi connectivity index (χ4v) is 1.67. The van der Waals surface area contributed by atoms with Crippen LogP contribution >= 0.6 is 0 Å². The van der Waals surface area contributed by atoms with E-state index in [9.17, 15) is 9.18 Å². The Bertz CT molecular complexity index is 357. The molecule has 0 saturated carbocycles. The second-order valence-electron chi connectivity index (χ2n) is 4.68. The van der Waals surface area contributed by atoms with Gasteiger partial charge in [0.25, 0.3) is 0 Å². The summed E-state index contributed by atoms with van der Waals surface area (Å²) in [6.07, 6.45) is 0.996. The number of rotatable bonds is 6. The van der Waals surface area contributed by atoms with Gasteiger partial charge in [0.15, 0.2) is 5.78 Å². The van der Waals surface area contributed by atoms with Crippen LogP contribution in [-0.4, -0.2) is 18.5 Å². The van der Waals surface area contributed by atoms with Crippen LogP contribution in [0.5, 0.6) is 0 Å². The lowest BCUT2D eigenvalue weighted by Crippen LogP contribution is -2.17. The van der Waals surface area contributed by atoms with E-state index in [0.717, 1.165) is 6.42 Å². The lowest BCUT2D eigenvalue weighted by molar-refractivity contribution is 0.0445. The van der Waals surface area contributed by atoms with Gasteiger partial charge in [-0.15, -0.1) is 0 Å². The molecule has 0 aliphatic carbocycles. The number of ketones is 1. The van der Waals surface area contributed by atoms with Crippen LogP contribution in [0.15, 0.2) is 24.3 Å². The fraction of sp³-hybridized carbons (Fsp3) is 0.500. The molecule has 1 unspecified atom stereocenters. The molecule has 17 heavy (non-hydrogen) atoms. The van der Waals surface area contributed by atoms with Crippen LogP contribution in [0.1, 0.15) is 37.6 Å². The zero-order valence-corrected chi connectivity index (χ0v) is 10.6. The second-order valence-corrected chi connectivity index (χ2v) is 4.68. The van der Waals surface area contributed by atoms with Gasteiger partial charge in [0, 0.05) is 5.56 Å². The van der Waals surface area contributed by atoms with Crippen LogP contribution in [0.25, 0.3) is 0 Å². The number of carbonyl (C=O) groups is 1. The monoisotopic (exact) mass is 238 g/mol. The Kier molecular flexibility index (Phi) is 5.29. The van der Waals surface area contributed by atoms with Gasteiger partial charge in [-0.2, -0.15) is 0 Å². The van der Waals surface area contributed by atoms with Gasteiger partial charge < -0.3 is 4.74 Å². The maximum Gasteiger partial charge on any atom is 0.188 e. The number of ether oxygens (including phenoxy) is 1. The molecule has 0 bridgehead atoms. The number of benzene rings is 1. The van der Waals surface area contributed by atoms with Crippen molar-refractivity contribution in [1.82, 2.24) is 0 Å². The third kappa shape index (κ3) is 5.09. The van der Waals surface area contributed by atoms with E-state index < -0.39 is 0 Å². The zero-order chi connectivity index (χ0) is 12.8. The standard InChI is InChI=1S/C14H19FO2/c1-10(2)8-11(3)17-9-14(16)12-4-6-13(15)7-5-12/h4-7,10-11H,8-9H2,1-3H3. The maximum atomic E-state index is 12.7. The molecule has 1 atom stereocenters. The molecule has 1 rings (SSSR count). The Hall–Kier alpha value is -1.22. The van der Waals surface area contributed by atoms with Crippen molar-refractivity contribution in [3.05, 3.63) is 35.6 Å². The average Bonchev–Trinajstić information content (AvgIpc) is 2.26. The van der Waals surface area contributed by atoms with Crippen molar-refractivity contribution in [1.29, 1.82) is 0 Å². The Morgan fingerprint density at radius 3 is 2.35 bits per heavy atom. The highest BCUT2D eigenvalue weighted by atomic mass is 19.1. The molecule has 1 aromatic carbocycles. The Balaban J connectivity index is 2.42. The predicted octanol–water partition coefficient (Wildman–Crippen LogP) is 3.46. The molecule has 1 aromatic rings. The van der Waals surface area contributed by atoms with E-state index in [1.807, 2.05) is 6.92 Å². The van der Waals surface area contributed by atoms with Gasteiger partial charge in [-0.25, -0.2) is 4.39 Å². The highest BCUT2D eigenvalue weighted by Crippen LogP contribution is 2.09. The molecule has 0 aliphatic heterocycles. The van der Waals surface area contributed by atoms with E-state index in [2.05, 4.69) is 13.8 Å². The maximum absolute atomic E-state index is 12.7. The van der Waals surface area contributed by atoms with Crippen molar-refractivity contribution < 1.29 is 13.9 Å². The van der Waals surface area contributed by atoms with Crippen LogP contribution in [-0.2, 0) is 4.74 Å². The Morgan fingerprint density at radius 1 is 1.24 bits per heavy atom. The molecule has 0 N–H and O–H groups in total. The summed E-state index contributed by atoms with van der Waals surface area (Å²) in [4.78, 5) is 11.7. The van der Waals surface area contributed by atoms with Crippen molar-refractivity contribution in [3.63, 3.8) is 0 Å². The summed E-state index contributed by atoms with van der Waals surface area (Å²) in [6, 6.07) is 5.53. The first-order valence-corrected chi connectivity index (χ1v) is 5.89.